The van der Waals surface area contributed by atoms with E-state index in [1.165, 1.54) is 6.07 Å². The Bertz CT molecular complexity index is 591. The van der Waals surface area contributed by atoms with Gasteiger partial charge in [0.1, 0.15) is 5.75 Å². The second-order valence-corrected chi connectivity index (χ2v) is 4.63. The summed E-state index contributed by atoms with van der Waals surface area (Å²) in [6, 6.07) is 8.60. The molecule has 21 heavy (non-hydrogen) atoms. The number of para-hydroxylation sites is 1. The molecule has 0 saturated heterocycles. The lowest BCUT2D eigenvalue weighted by Crippen LogP contribution is -2.13. The molecule has 0 spiro atoms. The largest absolute Gasteiger partial charge is 0.434 e. The van der Waals surface area contributed by atoms with Crippen LogP contribution in [0.3, 0.4) is 0 Å². The first-order valence-electron chi connectivity index (χ1n) is 6.46. The van der Waals surface area contributed by atoms with Crippen molar-refractivity contribution in [3.05, 3.63) is 48.3 Å². The second kappa shape index (κ2) is 6.88. The third kappa shape index (κ3) is 4.05. The molecule has 0 fully saturated rings. The van der Waals surface area contributed by atoms with Gasteiger partial charge >= 0.3 is 6.61 Å². The zero-order valence-electron chi connectivity index (χ0n) is 11.9. The van der Waals surface area contributed by atoms with Crippen LogP contribution in [-0.2, 0) is 6.54 Å². The molecule has 1 heterocycles. The quantitative estimate of drug-likeness (QED) is 0.886. The van der Waals surface area contributed by atoms with Crippen LogP contribution in [0.15, 0.2) is 42.7 Å². The van der Waals surface area contributed by atoms with Gasteiger partial charge in [0.05, 0.1) is 17.6 Å². The molecule has 0 radical (unpaired) electrons. The van der Waals surface area contributed by atoms with Crippen molar-refractivity contribution in [3.8, 4) is 5.75 Å². The minimum absolute atomic E-state index is 0.176. The van der Waals surface area contributed by atoms with E-state index in [0.29, 0.717) is 12.1 Å². The Labute approximate surface area is 122 Å². The maximum absolute atomic E-state index is 12.4. The SMILES string of the molecule is CN(C)c1ccncc1NCc1ccccc1OC(F)F. The van der Waals surface area contributed by atoms with Crippen LogP contribution in [0.4, 0.5) is 20.2 Å². The van der Waals surface area contributed by atoms with Crippen LogP contribution in [0, 0.1) is 0 Å². The van der Waals surface area contributed by atoms with Crippen LogP contribution in [-0.4, -0.2) is 25.7 Å². The zero-order valence-corrected chi connectivity index (χ0v) is 11.9. The maximum Gasteiger partial charge on any atom is 0.387 e. The molecular formula is C15H17F2N3O. The number of hydrogen-bond donors (Lipinski definition) is 1. The van der Waals surface area contributed by atoms with Crippen molar-refractivity contribution < 1.29 is 13.5 Å². The third-order valence-corrected chi connectivity index (χ3v) is 2.94. The van der Waals surface area contributed by atoms with E-state index in [-0.39, 0.29) is 5.75 Å². The summed E-state index contributed by atoms with van der Waals surface area (Å²) < 4.78 is 29.3. The van der Waals surface area contributed by atoms with Gasteiger partial charge in [0, 0.05) is 32.4 Å². The van der Waals surface area contributed by atoms with E-state index < -0.39 is 6.61 Å². The van der Waals surface area contributed by atoms with Gasteiger partial charge in [-0.1, -0.05) is 18.2 Å². The van der Waals surface area contributed by atoms with E-state index in [1.807, 2.05) is 25.1 Å². The van der Waals surface area contributed by atoms with Crippen molar-refractivity contribution in [2.24, 2.45) is 0 Å². The van der Waals surface area contributed by atoms with Crippen molar-refractivity contribution in [2.45, 2.75) is 13.2 Å². The number of nitrogens with one attached hydrogen (secondary N) is 1. The van der Waals surface area contributed by atoms with Crippen molar-refractivity contribution in [2.75, 3.05) is 24.3 Å². The predicted octanol–water partition coefficient (Wildman–Crippen LogP) is 3.36. The Morgan fingerprint density at radius 2 is 2.00 bits per heavy atom. The molecular weight excluding hydrogens is 276 g/mol. The average Bonchev–Trinajstić information content (AvgIpc) is 2.46. The molecule has 2 rings (SSSR count). The fraction of sp³-hybridized carbons (Fsp3) is 0.267. The van der Waals surface area contributed by atoms with Gasteiger partial charge in [0.2, 0.25) is 0 Å². The number of pyridine rings is 1. The van der Waals surface area contributed by atoms with Gasteiger partial charge in [0.25, 0.3) is 0 Å². The van der Waals surface area contributed by atoms with Crippen LogP contribution in [0.5, 0.6) is 5.75 Å². The lowest BCUT2D eigenvalue weighted by molar-refractivity contribution is -0.0504. The number of benzene rings is 1. The number of halogens is 2. The number of rotatable bonds is 6. The molecule has 0 aliphatic heterocycles. The van der Waals surface area contributed by atoms with Gasteiger partial charge in [-0.25, -0.2) is 0 Å². The first kappa shape index (κ1) is 15.0. The van der Waals surface area contributed by atoms with Gasteiger partial charge in [-0.05, 0) is 12.1 Å². The van der Waals surface area contributed by atoms with E-state index in [1.54, 1.807) is 30.6 Å². The first-order valence-corrected chi connectivity index (χ1v) is 6.46. The zero-order chi connectivity index (χ0) is 15.2. The van der Waals surface area contributed by atoms with E-state index in [4.69, 9.17) is 0 Å². The molecule has 0 unspecified atom stereocenters. The van der Waals surface area contributed by atoms with E-state index in [9.17, 15) is 8.78 Å². The summed E-state index contributed by atoms with van der Waals surface area (Å²) in [5.74, 6) is 0.176. The molecule has 1 aromatic carbocycles. The molecule has 0 bridgehead atoms. The Kier molecular flexibility index (Phi) is 4.92. The third-order valence-electron chi connectivity index (χ3n) is 2.94. The molecule has 0 amide bonds. The van der Waals surface area contributed by atoms with Crippen LogP contribution in [0.1, 0.15) is 5.56 Å². The molecule has 0 aliphatic carbocycles. The van der Waals surface area contributed by atoms with E-state index >= 15 is 0 Å². The van der Waals surface area contributed by atoms with Gasteiger partial charge in [0.15, 0.2) is 0 Å². The summed E-state index contributed by atoms with van der Waals surface area (Å²) in [7, 11) is 3.85. The Morgan fingerprint density at radius 3 is 2.71 bits per heavy atom. The maximum atomic E-state index is 12.4. The highest BCUT2D eigenvalue weighted by Gasteiger charge is 2.10. The van der Waals surface area contributed by atoms with Gasteiger partial charge < -0.3 is 15.0 Å². The molecule has 112 valence electrons. The Morgan fingerprint density at radius 1 is 1.24 bits per heavy atom. The minimum Gasteiger partial charge on any atom is -0.434 e. The molecule has 1 aromatic heterocycles. The predicted molar refractivity (Wildman–Crippen MR) is 79.0 cm³/mol. The summed E-state index contributed by atoms with van der Waals surface area (Å²) in [5, 5.41) is 3.20. The number of alkyl halides is 2. The first-order chi connectivity index (χ1) is 10.1. The number of anilines is 2. The van der Waals surface area contributed by atoms with Crippen LogP contribution in [0.2, 0.25) is 0 Å². The summed E-state index contributed by atoms with van der Waals surface area (Å²) >= 11 is 0. The van der Waals surface area contributed by atoms with Gasteiger partial charge in [-0.15, -0.1) is 0 Å². The molecule has 4 nitrogen and oxygen atoms in total. The van der Waals surface area contributed by atoms with Crippen molar-refractivity contribution in [3.63, 3.8) is 0 Å². The van der Waals surface area contributed by atoms with Gasteiger partial charge in [-0.3, -0.25) is 4.98 Å². The van der Waals surface area contributed by atoms with E-state index in [2.05, 4.69) is 15.0 Å². The average molecular weight is 293 g/mol. The Hall–Kier alpha value is -2.37. The molecule has 0 atom stereocenters. The highest BCUT2D eigenvalue weighted by atomic mass is 19.3. The topological polar surface area (TPSA) is 37.4 Å². The summed E-state index contributed by atoms with van der Waals surface area (Å²) in [6.45, 7) is -2.46. The molecule has 6 heteroatoms. The van der Waals surface area contributed by atoms with Gasteiger partial charge in [-0.2, -0.15) is 8.78 Å². The number of aromatic nitrogens is 1. The monoisotopic (exact) mass is 293 g/mol. The summed E-state index contributed by atoms with van der Waals surface area (Å²) in [5.41, 5.74) is 2.46. The molecule has 2 aromatic rings. The van der Waals surface area contributed by atoms with Crippen LogP contribution < -0.4 is 15.0 Å². The smallest absolute Gasteiger partial charge is 0.387 e. The van der Waals surface area contributed by atoms with E-state index in [0.717, 1.165) is 11.4 Å². The fourth-order valence-corrected chi connectivity index (χ4v) is 1.96. The van der Waals surface area contributed by atoms with Crippen molar-refractivity contribution in [1.29, 1.82) is 0 Å². The van der Waals surface area contributed by atoms with Crippen molar-refractivity contribution >= 4 is 11.4 Å². The number of ether oxygens (including phenoxy) is 1. The number of hydrogen-bond acceptors (Lipinski definition) is 4. The normalized spacial score (nSPS) is 10.5. The molecule has 0 aliphatic rings. The minimum atomic E-state index is -2.83. The van der Waals surface area contributed by atoms with Crippen LogP contribution in [0.25, 0.3) is 0 Å². The standard InChI is InChI=1S/C15H17F2N3O/c1-20(2)13-7-8-18-10-12(13)19-9-11-5-3-4-6-14(11)21-15(16)17/h3-8,10,15,19H,9H2,1-2H3. The summed E-state index contributed by atoms with van der Waals surface area (Å²) in [6.07, 6.45) is 3.40. The Balaban J connectivity index is 2.14. The summed E-state index contributed by atoms with van der Waals surface area (Å²) in [4.78, 5) is 6.02. The second-order valence-electron chi connectivity index (χ2n) is 4.63. The van der Waals surface area contributed by atoms with Crippen molar-refractivity contribution in [1.82, 2.24) is 4.98 Å². The van der Waals surface area contributed by atoms with Crippen LogP contribution >= 0.6 is 0 Å². The molecule has 1 N–H and O–H groups in total. The fourth-order valence-electron chi connectivity index (χ4n) is 1.96. The highest BCUT2D eigenvalue weighted by Crippen LogP contribution is 2.25. The lowest BCUT2D eigenvalue weighted by atomic mass is 10.2. The highest BCUT2D eigenvalue weighted by molar-refractivity contribution is 5.68. The molecule has 0 saturated carbocycles. The number of nitrogens with zero attached hydrogens (tertiary/aromatic N) is 2. The lowest BCUT2D eigenvalue weighted by Gasteiger charge is -2.18.